The Morgan fingerprint density at radius 3 is 2.79 bits per heavy atom. The summed E-state index contributed by atoms with van der Waals surface area (Å²) in [6, 6.07) is 5.87. The van der Waals surface area contributed by atoms with Crippen molar-refractivity contribution in [1.29, 1.82) is 0 Å². The van der Waals surface area contributed by atoms with Crippen molar-refractivity contribution in [2.45, 2.75) is 45.4 Å². The molecule has 0 fully saturated rings. The molecule has 4 nitrogen and oxygen atoms in total. The third kappa shape index (κ3) is 2.95. The number of H-pyrrole nitrogens is 1. The standard InChI is InChI=1S/C15H22N4/c1-3-5-8-11(4-2)14-13(15(16)19-18-14)12-9-6-7-10-17-12/h6-7,9-11H,3-5,8H2,1-2H3,(H3,16,18,19). The molecule has 0 spiro atoms. The van der Waals surface area contributed by atoms with Crippen LogP contribution in [0.3, 0.4) is 0 Å². The second kappa shape index (κ2) is 6.36. The average Bonchev–Trinajstić information content (AvgIpc) is 2.83. The minimum atomic E-state index is 0.474. The third-order valence-corrected chi connectivity index (χ3v) is 3.55. The summed E-state index contributed by atoms with van der Waals surface area (Å²) in [4.78, 5) is 4.40. The first-order valence-electron chi connectivity index (χ1n) is 7.03. The Kier molecular flexibility index (Phi) is 4.55. The quantitative estimate of drug-likeness (QED) is 0.829. The second-order valence-corrected chi connectivity index (χ2v) is 4.86. The van der Waals surface area contributed by atoms with Gasteiger partial charge in [0.1, 0.15) is 0 Å². The molecule has 0 saturated heterocycles. The normalized spacial score (nSPS) is 12.5. The lowest BCUT2D eigenvalue weighted by Crippen LogP contribution is -2.01. The zero-order valence-corrected chi connectivity index (χ0v) is 11.7. The number of hydrogen-bond acceptors (Lipinski definition) is 3. The van der Waals surface area contributed by atoms with Gasteiger partial charge in [-0.15, -0.1) is 0 Å². The molecular weight excluding hydrogens is 236 g/mol. The monoisotopic (exact) mass is 258 g/mol. The number of rotatable bonds is 6. The molecule has 1 unspecified atom stereocenters. The van der Waals surface area contributed by atoms with Gasteiger partial charge in [0.25, 0.3) is 0 Å². The summed E-state index contributed by atoms with van der Waals surface area (Å²) in [5.41, 5.74) is 9.02. The minimum absolute atomic E-state index is 0.474. The highest BCUT2D eigenvalue weighted by atomic mass is 15.2. The summed E-state index contributed by atoms with van der Waals surface area (Å²) in [5.74, 6) is 1.02. The summed E-state index contributed by atoms with van der Waals surface area (Å²) in [5, 5.41) is 7.30. The van der Waals surface area contributed by atoms with Crippen molar-refractivity contribution in [3.8, 4) is 11.3 Å². The van der Waals surface area contributed by atoms with Gasteiger partial charge in [-0.1, -0.05) is 32.8 Å². The number of nitrogens with two attached hydrogens (primary N) is 1. The number of aromatic amines is 1. The highest BCUT2D eigenvalue weighted by Gasteiger charge is 2.20. The van der Waals surface area contributed by atoms with E-state index < -0.39 is 0 Å². The molecule has 2 aromatic rings. The number of anilines is 1. The number of nitrogens with one attached hydrogen (secondary N) is 1. The van der Waals surface area contributed by atoms with Crippen LogP contribution < -0.4 is 5.73 Å². The number of hydrogen-bond donors (Lipinski definition) is 2. The van der Waals surface area contributed by atoms with Gasteiger partial charge in [-0.25, -0.2) is 0 Å². The van der Waals surface area contributed by atoms with Crippen molar-refractivity contribution in [1.82, 2.24) is 15.2 Å². The molecule has 102 valence electrons. The predicted octanol–water partition coefficient (Wildman–Crippen LogP) is 3.74. The Hall–Kier alpha value is -1.84. The van der Waals surface area contributed by atoms with Crippen LogP contribution in [0.4, 0.5) is 5.82 Å². The maximum Gasteiger partial charge on any atom is 0.154 e. The van der Waals surface area contributed by atoms with Crippen LogP contribution in [0.1, 0.15) is 51.1 Å². The highest BCUT2D eigenvalue weighted by Crippen LogP contribution is 2.34. The smallest absolute Gasteiger partial charge is 0.154 e. The molecule has 0 aliphatic carbocycles. The van der Waals surface area contributed by atoms with Gasteiger partial charge in [-0.3, -0.25) is 10.1 Å². The maximum absolute atomic E-state index is 6.01. The second-order valence-electron chi connectivity index (χ2n) is 4.86. The molecule has 0 aliphatic heterocycles. The first-order valence-corrected chi connectivity index (χ1v) is 7.03. The molecule has 2 rings (SSSR count). The van der Waals surface area contributed by atoms with Crippen LogP contribution in [0.15, 0.2) is 24.4 Å². The topological polar surface area (TPSA) is 67.6 Å². The zero-order chi connectivity index (χ0) is 13.7. The average molecular weight is 258 g/mol. The predicted molar refractivity (Wildman–Crippen MR) is 78.8 cm³/mol. The molecule has 0 radical (unpaired) electrons. The van der Waals surface area contributed by atoms with E-state index in [9.17, 15) is 0 Å². The van der Waals surface area contributed by atoms with Crippen LogP contribution >= 0.6 is 0 Å². The lowest BCUT2D eigenvalue weighted by molar-refractivity contribution is 0.557. The van der Waals surface area contributed by atoms with Gasteiger partial charge in [-0.2, -0.15) is 5.10 Å². The largest absolute Gasteiger partial charge is 0.382 e. The molecular formula is C15H22N4. The van der Waals surface area contributed by atoms with Crippen molar-refractivity contribution in [3.05, 3.63) is 30.1 Å². The number of unbranched alkanes of at least 4 members (excludes halogenated alkanes) is 1. The van der Waals surface area contributed by atoms with E-state index in [1.54, 1.807) is 6.20 Å². The van der Waals surface area contributed by atoms with E-state index >= 15 is 0 Å². The Balaban J connectivity index is 2.36. The number of aromatic nitrogens is 3. The highest BCUT2D eigenvalue weighted by molar-refractivity contribution is 5.73. The fourth-order valence-electron chi connectivity index (χ4n) is 2.45. The minimum Gasteiger partial charge on any atom is -0.382 e. The lowest BCUT2D eigenvalue weighted by Gasteiger charge is -2.14. The van der Waals surface area contributed by atoms with Crippen LogP contribution in [0.25, 0.3) is 11.3 Å². The molecule has 4 heteroatoms. The fourth-order valence-corrected chi connectivity index (χ4v) is 2.45. The Labute approximate surface area is 114 Å². The fraction of sp³-hybridized carbons (Fsp3) is 0.467. The number of pyridine rings is 1. The maximum atomic E-state index is 6.01. The van der Waals surface area contributed by atoms with Gasteiger partial charge in [0.2, 0.25) is 0 Å². The van der Waals surface area contributed by atoms with Gasteiger partial charge >= 0.3 is 0 Å². The van der Waals surface area contributed by atoms with E-state index in [2.05, 4.69) is 29.0 Å². The van der Waals surface area contributed by atoms with Crippen LogP contribution in [-0.2, 0) is 0 Å². The molecule has 0 bridgehead atoms. The zero-order valence-electron chi connectivity index (χ0n) is 11.7. The molecule has 1 atom stereocenters. The van der Waals surface area contributed by atoms with Crippen LogP contribution in [0.5, 0.6) is 0 Å². The van der Waals surface area contributed by atoms with Crippen molar-refractivity contribution >= 4 is 5.82 Å². The van der Waals surface area contributed by atoms with E-state index in [0.717, 1.165) is 29.8 Å². The van der Waals surface area contributed by atoms with Crippen molar-refractivity contribution < 1.29 is 0 Å². The van der Waals surface area contributed by atoms with Gasteiger partial charge in [0, 0.05) is 17.8 Å². The van der Waals surface area contributed by atoms with E-state index in [1.807, 2.05) is 18.2 Å². The number of nitrogen functional groups attached to an aromatic ring is 1. The molecule has 2 aromatic heterocycles. The molecule has 0 aromatic carbocycles. The first-order chi connectivity index (χ1) is 9.27. The third-order valence-electron chi connectivity index (χ3n) is 3.55. The van der Waals surface area contributed by atoms with Crippen molar-refractivity contribution in [2.75, 3.05) is 5.73 Å². The first kappa shape index (κ1) is 13.6. The molecule has 0 saturated carbocycles. The van der Waals surface area contributed by atoms with Gasteiger partial charge in [0.05, 0.1) is 11.3 Å². The van der Waals surface area contributed by atoms with Crippen LogP contribution in [0.2, 0.25) is 0 Å². The lowest BCUT2D eigenvalue weighted by atomic mass is 9.92. The molecule has 0 aliphatic rings. The SMILES string of the molecule is CCCCC(CC)c1[nH]nc(N)c1-c1ccccn1. The van der Waals surface area contributed by atoms with Gasteiger partial charge < -0.3 is 5.73 Å². The Morgan fingerprint density at radius 1 is 1.32 bits per heavy atom. The Morgan fingerprint density at radius 2 is 2.16 bits per heavy atom. The molecule has 0 amide bonds. The van der Waals surface area contributed by atoms with Crippen molar-refractivity contribution in [3.63, 3.8) is 0 Å². The molecule has 19 heavy (non-hydrogen) atoms. The van der Waals surface area contributed by atoms with E-state index in [4.69, 9.17) is 5.73 Å². The van der Waals surface area contributed by atoms with Gasteiger partial charge in [-0.05, 0) is 25.0 Å². The van der Waals surface area contributed by atoms with Crippen LogP contribution in [0, 0.1) is 0 Å². The summed E-state index contributed by atoms with van der Waals surface area (Å²) in [6.45, 7) is 4.42. The van der Waals surface area contributed by atoms with E-state index in [1.165, 1.54) is 12.8 Å². The van der Waals surface area contributed by atoms with Crippen LogP contribution in [-0.4, -0.2) is 15.2 Å². The van der Waals surface area contributed by atoms with E-state index in [-0.39, 0.29) is 0 Å². The summed E-state index contributed by atoms with van der Waals surface area (Å²) < 4.78 is 0. The summed E-state index contributed by atoms with van der Waals surface area (Å²) in [6.07, 6.45) is 6.46. The molecule has 2 heterocycles. The summed E-state index contributed by atoms with van der Waals surface area (Å²) >= 11 is 0. The van der Waals surface area contributed by atoms with Crippen molar-refractivity contribution in [2.24, 2.45) is 0 Å². The molecule has 3 N–H and O–H groups in total. The summed E-state index contributed by atoms with van der Waals surface area (Å²) in [7, 11) is 0. The van der Waals surface area contributed by atoms with E-state index in [0.29, 0.717) is 11.7 Å². The van der Waals surface area contributed by atoms with Gasteiger partial charge in [0.15, 0.2) is 5.82 Å². The number of nitrogens with zero attached hydrogens (tertiary/aromatic N) is 2. The Bertz CT molecular complexity index is 504.